The van der Waals surface area contributed by atoms with Gasteiger partial charge in [-0.05, 0) is 31.6 Å². The number of alkyl halides is 3. The van der Waals surface area contributed by atoms with E-state index in [0.717, 1.165) is 25.7 Å². The molecule has 3 aromatic rings. The maximum atomic E-state index is 15.7. The number of carbonyl (C=O) groups is 1. The first-order valence-corrected chi connectivity index (χ1v) is 14.2. The number of morpholine rings is 1. The highest BCUT2D eigenvalue weighted by Crippen LogP contribution is 2.37. The Morgan fingerprint density at radius 2 is 1.79 bits per heavy atom. The average Bonchev–Trinajstić information content (AvgIpc) is 3.48. The van der Waals surface area contributed by atoms with E-state index in [9.17, 15) is 22.8 Å². The van der Waals surface area contributed by atoms with Crippen LogP contribution in [0.3, 0.4) is 0 Å². The molecule has 2 fully saturated rings. The summed E-state index contributed by atoms with van der Waals surface area (Å²) in [6, 6.07) is 3.20. The van der Waals surface area contributed by atoms with Gasteiger partial charge in [-0.1, -0.05) is 13.8 Å². The van der Waals surface area contributed by atoms with Crippen molar-refractivity contribution < 1.29 is 27.1 Å². The molecule has 43 heavy (non-hydrogen) atoms. The number of hydrogen-bond acceptors (Lipinski definition) is 8. The van der Waals surface area contributed by atoms with Gasteiger partial charge in [0.15, 0.2) is 0 Å². The largest absolute Gasteiger partial charge is 0.417 e. The van der Waals surface area contributed by atoms with Gasteiger partial charge in [-0.3, -0.25) is 14.5 Å². The lowest BCUT2D eigenvalue weighted by Gasteiger charge is -2.28. The summed E-state index contributed by atoms with van der Waals surface area (Å²) in [5.74, 6) is -1.22. The molecule has 14 heteroatoms. The van der Waals surface area contributed by atoms with E-state index in [2.05, 4.69) is 39.0 Å². The molecule has 5 rings (SSSR count). The van der Waals surface area contributed by atoms with Crippen LogP contribution in [0.1, 0.15) is 36.2 Å². The Bertz CT molecular complexity index is 1500. The molecular formula is C29H33F4N7O3. The van der Waals surface area contributed by atoms with Crippen LogP contribution in [0, 0.1) is 5.82 Å². The lowest BCUT2D eigenvalue weighted by atomic mass is 10.0. The molecule has 2 aromatic heterocycles. The number of aromatic amines is 1. The maximum absolute atomic E-state index is 15.7. The highest BCUT2D eigenvalue weighted by molar-refractivity contribution is 6.07. The Kier molecular flexibility index (Phi) is 8.97. The first kappa shape index (κ1) is 30.4. The third kappa shape index (κ3) is 6.64. The number of pyridine rings is 1. The highest BCUT2D eigenvalue weighted by atomic mass is 19.4. The molecule has 2 N–H and O–H groups in total. The Labute approximate surface area is 245 Å². The number of H-pyrrole nitrogens is 1. The van der Waals surface area contributed by atoms with Gasteiger partial charge in [0, 0.05) is 68.0 Å². The lowest BCUT2D eigenvalue weighted by molar-refractivity contribution is -0.138. The molecule has 1 aromatic carbocycles. The number of benzene rings is 1. The molecule has 0 aliphatic carbocycles. The Balaban J connectivity index is 1.52. The number of halogens is 4. The van der Waals surface area contributed by atoms with Gasteiger partial charge in [-0.2, -0.15) is 13.2 Å². The number of aromatic nitrogens is 3. The number of rotatable bonds is 8. The van der Waals surface area contributed by atoms with E-state index in [1.807, 2.05) is 9.80 Å². The zero-order valence-electron chi connectivity index (χ0n) is 23.9. The van der Waals surface area contributed by atoms with Crippen molar-refractivity contribution in [2.75, 3.05) is 67.6 Å². The Hall–Kier alpha value is -4.04. The third-order valence-corrected chi connectivity index (χ3v) is 7.88. The number of ether oxygens (including phenoxy) is 1. The van der Waals surface area contributed by atoms with Crippen LogP contribution in [0.25, 0.3) is 11.1 Å². The predicted octanol–water partition coefficient (Wildman–Crippen LogP) is 4.00. The first-order valence-electron chi connectivity index (χ1n) is 14.2. The SMILES string of the molecule is CCN(CC)[C@@H]1CCN(c2cc(F)c(-c3cnc(N4CCOCC4)nc3)cc2NC(=O)c2c[nH]c(=O)cc2C(F)(F)F)C1. The minimum Gasteiger partial charge on any atom is -0.378 e. The van der Waals surface area contributed by atoms with Crippen molar-refractivity contribution in [3.05, 3.63) is 64.1 Å². The van der Waals surface area contributed by atoms with Gasteiger partial charge in [0.2, 0.25) is 11.5 Å². The quantitative estimate of drug-likeness (QED) is 0.373. The molecular weight excluding hydrogens is 570 g/mol. The van der Waals surface area contributed by atoms with Crippen molar-refractivity contribution in [1.29, 1.82) is 0 Å². The summed E-state index contributed by atoms with van der Waals surface area (Å²) in [4.78, 5) is 42.0. The predicted molar refractivity (Wildman–Crippen MR) is 154 cm³/mol. The number of hydrogen-bond donors (Lipinski definition) is 2. The molecule has 0 spiro atoms. The number of anilines is 3. The van der Waals surface area contributed by atoms with E-state index < -0.39 is 34.6 Å². The monoisotopic (exact) mass is 603 g/mol. The van der Waals surface area contributed by atoms with Crippen LogP contribution in [0.15, 0.2) is 41.6 Å². The second-order valence-corrected chi connectivity index (χ2v) is 10.4. The molecule has 0 unspecified atom stereocenters. The van der Waals surface area contributed by atoms with E-state index in [4.69, 9.17) is 4.74 Å². The zero-order valence-corrected chi connectivity index (χ0v) is 23.9. The van der Waals surface area contributed by atoms with Gasteiger partial charge in [-0.25, -0.2) is 14.4 Å². The summed E-state index contributed by atoms with van der Waals surface area (Å²) in [5, 5.41) is 2.56. The van der Waals surface area contributed by atoms with E-state index in [-0.39, 0.29) is 17.3 Å². The summed E-state index contributed by atoms with van der Waals surface area (Å²) in [5.41, 5.74) is -2.25. The van der Waals surface area contributed by atoms with Crippen LogP contribution >= 0.6 is 0 Å². The van der Waals surface area contributed by atoms with E-state index >= 15 is 4.39 Å². The molecule has 230 valence electrons. The second-order valence-electron chi connectivity index (χ2n) is 10.4. The van der Waals surface area contributed by atoms with Gasteiger partial charge < -0.3 is 24.8 Å². The van der Waals surface area contributed by atoms with Gasteiger partial charge in [0.1, 0.15) is 5.82 Å². The van der Waals surface area contributed by atoms with E-state index in [1.165, 1.54) is 24.5 Å². The van der Waals surface area contributed by atoms with Gasteiger partial charge >= 0.3 is 6.18 Å². The summed E-state index contributed by atoms with van der Waals surface area (Å²) >= 11 is 0. The van der Waals surface area contributed by atoms with Crippen molar-refractivity contribution in [2.45, 2.75) is 32.5 Å². The molecule has 1 atom stereocenters. The number of likely N-dealkylation sites (N-methyl/N-ethyl adjacent to an activating group) is 1. The summed E-state index contributed by atoms with van der Waals surface area (Å²) in [6.07, 6.45) is -0.472. The highest BCUT2D eigenvalue weighted by Gasteiger charge is 2.36. The lowest BCUT2D eigenvalue weighted by Crippen LogP contribution is -2.37. The third-order valence-electron chi connectivity index (χ3n) is 7.88. The van der Waals surface area contributed by atoms with Crippen LogP contribution in [-0.4, -0.2) is 84.3 Å². The van der Waals surface area contributed by atoms with Gasteiger partial charge in [-0.15, -0.1) is 0 Å². The van der Waals surface area contributed by atoms with Crippen molar-refractivity contribution in [3.8, 4) is 11.1 Å². The van der Waals surface area contributed by atoms with Crippen LogP contribution < -0.4 is 20.7 Å². The van der Waals surface area contributed by atoms with Crippen molar-refractivity contribution >= 4 is 23.2 Å². The van der Waals surface area contributed by atoms with Crippen LogP contribution in [0.4, 0.5) is 34.9 Å². The van der Waals surface area contributed by atoms with E-state index in [0.29, 0.717) is 62.7 Å². The maximum Gasteiger partial charge on any atom is 0.417 e. The molecule has 0 bridgehead atoms. The number of carbonyl (C=O) groups excluding carboxylic acids is 1. The zero-order chi connectivity index (χ0) is 30.7. The van der Waals surface area contributed by atoms with Gasteiger partial charge in [0.05, 0.1) is 35.7 Å². The topological polar surface area (TPSA) is 107 Å². The van der Waals surface area contributed by atoms with Crippen molar-refractivity contribution in [3.63, 3.8) is 0 Å². The molecule has 2 aliphatic rings. The number of nitrogens with one attached hydrogen (secondary N) is 2. The molecule has 0 saturated carbocycles. The van der Waals surface area contributed by atoms with Crippen LogP contribution in [0.2, 0.25) is 0 Å². The first-order chi connectivity index (χ1) is 20.6. The van der Waals surface area contributed by atoms with E-state index in [1.54, 1.807) is 0 Å². The smallest absolute Gasteiger partial charge is 0.378 e. The number of nitrogens with zero attached hydrogens (tertiary/aromatic N) is 5. The number of amides is 1. The summed E-state index contributed by atoms with van der Waals surface area (Å²) in [7, 11) is 0. The minimum absolute atomic E-state index is 0.0737. The minimum atomic E-state index is -4.94. The molecule has 2 aliphatic heterocycles. The van der Waals surface area contributed by atoms with Crippen LogP contribution in [-0.2, 0) is 10.9 Å². The normalized spacial score (nSPS) is 17.5. The average molecular weight is 604 g/mol. The van der Waals surface area contributed by atoms with Crippen molar-refractivity contribution in [2.24, 2.45) is 0 Å². The summed E-state index contributed by atoms with van der Waals surface area (Å²) in [6.45, 7) is 9.21. The summed E-state index contributed by atoms with van der Waals surface area (Å²) < 4.78 is 62.2. The molecule has 1 amide bonds. The molecule has 2 saturated heterocycles. The fourth-order valence-electron chi connectivity index (χ4n) is 5.61. The fraction of sp³-hybridized carbons (Fsp3) is 0.448. The Morgan fingerprint density at radius 1 is 1.09 bits per heavy atom. The standard InChI is InChI=1S/C29H33F4N7O3/c1-3-38(4-2)19-5-6-40(17-19)25-13-23(30)20(18-14-35-28(36-15-18)39-7-9-43-10-8-39)11-24(25)37-27(42)21-16-34-26(41)12-22(21)29(31,32)33/h11-16,19H,3-10,17H2,1-2H3,(H,34,41)(H,37,42)/t19-/m1/s1. The van der Waals surface area contributed by atoms with Crippen LogP contribution in [0.5, 0.6) is 0 Å². The molecule has 0 radical (unpaired) electrons. The second kappa shape index (κ2) is 12.7. The van der Waals surface area contributed by atoms with Crippen molar-refractivity contribution in [1.82, 2.24) is 19.9 Å². The fourth-order valence-corrected chi connectivity index (χ4v) is 5.61. The van der Waals surface area contributed by atoms with Gasteiger partial charge in [0.25, 0.3) is 5.91 Å². The Morgan fingerprint density at radius 3 is 2.44 bits per heavy atom. The molecule has 4 heterocycles. The molecule has 10 nitrogen and oxygen atoms in total.